The summed E-state index contributed by atoms with van der Waals surface area (Å²) in [5.41, 5.74) is -1.99. The van der Waals surface area contributed by atoms with Gasteiger partial charge < -0.3 is 20.1 Å². The first kappa shape index (κ1) is 23.9. The molecule has 0 radical (unpaired) electrons. The Kier molecular flexibility index (Phi) is 5.14. The number of allylic oxidation sites excluding steroid dienone is 1. The monoisotopic (exact) mass is 487 g/mol. The minimum atomic E-state index is -2.13. The van der Waals surface area contributed by atoms with E-state index in [1.165, 1.54) is 11.5 Å². The number of ketones is 1. The molecule has 4 aliphatic rings. The van der Waals surface area contributed by atoms with Gasteiger partial charge in [-0.1, -0.05) is 32.9 Å². The van der Waals surface area contributed by atoms with Crippen LogP contribution in [-0.2, 0) is 9.53 Å². The van der Waals surface area contributed by atoms with Crippen LogP contribution in [0.15, 0.2) is 23.3 Å². The minimum Gasteiger partial charge on any atom is -0.451 e. The van der Waals surface area contributed by atoms with Crippen LogP contribution in [0.2, 0.25) is 0 Å². The number of hydrogen-bond donors (Lipinski definition) is 3. The molecule has 2 bridgehead atoms. The van der Waals surface area contributed by atoms with Crippen molar-refractivity contribution in [3.8, 4) is 0 Å². The average molecular weight is 488 g/mol. The van der Waals surface area contributed by atoms with Crippen LogP contribution in [0.4, 0.5) is 0 Å². The predicted molar refractivity (Wildman–Crippen MR) is 126 cm³/mol. The van der Waals surface area contributed by atoms with Gasteiger partial charge >= 0.3 is 5.97 Å². The van der Waals surface area contributed by atoms with Crippen LogP contribution in [0.5, 0.6) is 0 Å². The summed E-state index contributed by atoms with van der Waals surface area (Å²) in [6.07, 6.45) is 1.33. The molecule has 0 unspecified atom stereocenters. The highest BCUT2D eigenvalue weighted by atomic mass is 32.1. The van der Waals surface area contributed by atoms with E-state index in [9.17, 15) is 24.9 Å². The number of nitrogens with zero attached hydrogens (tertiary/aromatic N) is 1. The smallest absolute Gasteiger partial charge is 0.341 e. The maximum atomic E-state index is 14.3. The highest BCUT2D eigenvalue weighted by molar-refractivity contribution is 7.06. The summed E-state index contributed by atoms with van der Waals surface area (Å²) in [6, 6.07) is 0. The second-order valence-electron chi connectivity index (χ2n) is 11.3. The van der Waals surface area contributed by atoms with Gasteiger partial charge in [-0.3, -0.25) is 4.79 Å². The zero-order valence-corrected chi connectivity index (χ0v) is 21.3. The first-order valence-corrected chi connectivity index (χ1v) is 12.7. The zero-order chi connectivity index (χ0) is 25.0. The van der Waals surface area contributed by atoms with Gasteiger partial charge in [0.15, 0.2) is 17.5 Å². The number of ether oxygens (including phenoxy) is 1. The molecular formula is C26H33NO6S. The Morgan fingerprint density at radius 1 is 1.29 bits per heavy atom. The molecule has 2 saturated carbocycles. The molecule has 34 heavy (non-hydrogen) atoms. The fourth-order valence-corrected chi connectivity index (χ4v) is 8.22. The van der Waals surface area contributed by atoms with Gasteiger partial charge in [0.05, 0.1) is 23.3 Å². The maximum absolute atomic E-state index is 14.3. The van der Waals surface area contributed by atoms with E-state index in [-0.39, 0.29) is 28.6 Å². The molecule has 0 aromatic carbocycles. The lowest BCUT2D eigenvalue weighted by molar-refractivity contribution is -0.190. The number of carbonyl (C=O) groups excluding carboxylic acids is 2. The van der Waals surface area contributed by atoms with Crippen LogP contribution in [-0.4, -0.2) is 55.9 Å². The topological polar surface area (TPSA) is 117 Å². The van der Waals surface area contributed by atoms with Gasteiger partial charge in [0.2, 0.25) is 0 Å². The first-order chi connectivity index (χ1) is 15.8. The normalized spacial score (nSPS) is 42.1. The van der Waals surface area contributed by atoms with Crippen LogP contribution >= 0.6 is 11.5 Å². The van der Waals surface area contributed by atoms with Crippen molar-refractivity contribution in [3.05, 3.63) is 39.4 Å². The highest BCUT2D eigenvalue weighted by Gasteiger charge is 2.76. The summed E-state index contributed by atoms with van der Waals surface area (Å²) in [7, 11) is 0. The van der Waals surface area contributed by atoms with Gasteiger partial charge in [0.1, 0.15) is 6.10 Å². The summed E-state index contributed by atoms with van der Waals surface area (Å²) in [5, 5.41) is 34.1. The van der Waals surface area contributed by atoms with E-state index >= 15 is 0 Å². The van der Waals surface area contributed by atoms with Gasteiger partial charge in [-0.15, -0.1) is 0 Å². The average Bonchev–Trinajstić information content (AvgIpc) is 3.05. The second kappa shape index (κ2) is 7.32. The lowest BCUT2D eigenvalue weighted by atomic mass is 9.59. The second-order valence-corrected chi connectivity index (χ2v) is 12.3. The van der Waals surface area contributed by atoms with Gasteiger partial charge in [-0.2, -0.15) is 4.37 Å². The van der Waals surface area contributed by atoms with E-state index in [0.29, 0.717) is 34.0 Å². The third-order valence-corrected chi connectivity index (χ3v) is 10.2. The standard InChI is InChI=1S/C26H33NO6S/c1-11-9-25-12(2)7-17-19(24(17,5)6)16(21(25)30)8-15(10-28)20(29)26(25,32)22(11)33-23(31)18-13(3)27-34-14(18)4/h8-9,12,16-17,19-20,22,28-29,32H,7,10H2,1-6H3/t12-,16+,17-,19+,20-,22+,25+,26+/m1/s1. The summed E-state index contributed by atoms with van der Waals surface area (Å²) < 4.78 is 10.1. The number of rotatable bonds is 3. The van der Waals surface area contributed by atoms with Gasteiger partial charge in [-0.05, 0) is 73.0 Å². The number of aryl methyl sites for hydroxylation is 2. The largest absolute Gasteiger partial charge is 0.451 e. The van der Waals surface area contributed by atoms with Crippen molar-refractivity contribution < 1.29 is 29.6 Å². The molecule has 7 nitrogen and oxygen atoms in total. The molecule has 0 saturated heterocycles. The fourth-order valence-electron chi connectivity index (χ4n) is 7.53. The number of aromatic nitrogens is 1. The fraction of sp³-hybridized carbons (Fsp3) is 0.654. The van der Waals surface area contributed by atoms with E-state index in [2.05, 4.69) is 18.2 Å². The highest BCUT2D eigenvalue weighted by Crippen LogP contribution is 2.71. The molecular weight excluding hydrogens is 454 g/mol. The number of hydrogen-bond acceptors (Lipinski definition) is 8. The first-order valence-electron chi connectivity index (χ1n) is 11.9. The van der Waals surface area contributed by atoms with E-state index in [1.54, 1.807) is 32.9 Å². The number of esters is 1. The molecule has 3 N–H and O–H groups in total. The van der Waals surface area contributed by atoms with Crippen molar-refractivity contribution in [2.75, 3.05) is 6.61 Å². The SMILES string of the molecule is CC1=C[C@]23C(=O)[C@@H](C=C(CO)[C@@H](O)[C@]2(O)[C@H]1OC(=O)c1c(C)nsc1C)[C@H]1[C@@H](C[C@H]3C)C1(C)C. The number of aliphatic hydroxyl groups is 3. The Balaban J connectivity index is 1.65. The molecule has 0 amide bonds. The Morgan fingerprint density at radius 2 is 1.97 bits per heavy atom. The van der Waals surface area contributed by atoms with Crippen LogP contribution in [0, 0.1) is 48.3 Å². The predicted octanol–water partition coefficient (Wildman–Crippen LogP) is 2.75. The summed E-state index contributed by atoms with van der Waals surface area (Å²) >= 11 is 1.20. The molecule has 1 spiro atoms. The van der Waals surface area contributed by atoms with Gasteiger partial charge in [-0.25, -0.2) is 4.79 Å². The Morgan fingerprint density at radius 3 is 2.56 bits per heavy atom. The van der Waals surface area contributed by atoms with E-state index in [1.807, 2.05) is 6.92 Å². The molecule has 1 heterocycles. The zero-order valence-electron chi connectivity index (χ0n) is 20.5. The molecule has 2 fully saturated rings. The molecule has 5 rings (SSSR count). The van der Waals surface area contributed by atoms with Crippen molar-refractivity contribution in [1.82, 2.24) is 4.37 Å². The number of aliphatic hydroxyl groups excluding tert-OH is 2. The Labute approximate surface area is 203 Å². The molecule has 8 atom stereocenters. The van der Waals surface area contributed by atoms with E-state index in [0.717, 1.165) is 0 Å². The quantitative estimate of drug-likeness (QED) is 0.443. The minimum absolute atomic E-state index is 0.0368. The number of fused-ring (bicyclic) bond motifs is 3. The Bertz CT molecular complexity index is 1130. The summed E-state index contributed by atoms with van der Waals surface area (Å²) in [4.78, 5) is 28.2. The van der Waals surface area contributed by atoms with Crippen molar-refractivity contribution in [2.24, 2.45) is 34.5 Å². The Hall–Kier alpha value is -1.87. The lowest BCUT2D eigenvalue weighted by Crippen LogP contribution is -2.65. The number of carbonyl (C=O) groups is 2. The third kappa shape index (κ3) is 2.71. The van der Waals surface area contributed by atoms with Crippen LogP contribution in [0.1, 0.15) is 55.0 Å². The maximum Gasteiger partial charge on any atom is 0.341 e. The van der Waals surface area contributed by atoms with E-state index < -0.39 is 41.7 Å². The molecule has 8 heteroatoms. The van der Waals surface area contributed by atoms with E-state index in [4.69, 9.17) is 4.74 Å². The molecule has 184 valence electrons. The lowest BCUT2D eigenvalue weighted by Gasteiger charge is -2.48. The van der Waals surface area contributed by atoms with Crippen LogP contribution in [0.3, 0.4) is 0 Å². The van der Waals surface area contributed by atoms with Crippen LogP contribution < -0.4 is 0 Å². The van der Waals surface area contributed by atoms with Gasteiger partial charge in [0, 0.05) is 10.8 Å². The van der Waals surface area contributed by atoms with Crippen LogP contribution in [0.25, 0.3) is 0 Å². The van der Waals surface area contributed by atoms with Crippen molar-refractivity contribution >= 4 is 23.3 Å². The van der Waals surface area contributed by atoms with Gasteiger partial charge in [0.25, 0.3) is 0 Å². The third-order valence-electron chi connectivity index (χ3n) is 9.36. The number of Topliss-reactive ketones (excluding diaryl/α,β-unsaturated/α-hetero) is 1. The van der Waals surface area contributed by atoms with Crippen molar-refractivity contribution in [3.63, 3.8) is 0 Å². The molecule has 0 aliphatic heterocycles. The van der Waals surface area contributed by atoms with Crippen molar-refractivity contribution in [1.29, 1.82) is 0 Å². The molecule has 4 aliphatic carbocycles. The molecule has 1 aromatic heterocycles. The summed E-state index contributed by atoms with van der Waals surface area (Å²) in [5.74, 6) is -1.26. The van der Waals surface area contributed by atoms with Crippen molar-refractivity contribution in [2.45, 2.75) is 65.8 Å². The summed E-state index contributed by atoms with van der Waals surface area (Å²) in [6.45, 7) is 11.0. The molecule has 1 aromatic rings.